The van der Waals surface area contributed by atoms with E-state index in [9.17, 15) is 0 Å². The zero-order valence-electron chi connectivity index (χ0n) is 13.7. The maximum atomic E-state index is 4.56. The molecule has 0 aromatic carbocycles. The minimum atomic E-state index is 0.494. The highest BCUT2D eigenvalue weighted by Gasteiger charge is 2.26. The van der Waals surface area contributed by atoms with Crippen LogP contribution in [0.3, 0.4) is 0 Å². The first-order valence-corrected chi connectivity index (χ1v) is 7.93. The van der Waals surface area contributed by atoms with Crippen molar-refractivity contribution in [3.05, 3.63) is 17.0 Å². The second-order valence-corrected chi connectivity index (χ2v) is 6.26. The highest BCUT2D eigenvalue weighted by Crippen LogP contribution is 2.30. The summed E-state index contributed by atoms with van der Waals surface area (Å²) < 4.78 is 2.01. The fraction of sp³-hybridized carbons (Fsp3) is 0.812. The molecule has 4 nitrogen and oxygen atoms in total. The Morgan fingerprint density at radius 1 is 1.30 bits per heavy atom. The molecule has 0 spiro atoms. The van der Waals surface area contributed by atoms with Gasteiger partial charge in [0, 0.05) is 24.3 Å². The summed E-state index contributed by atoms with van der Waals surface area (Å²) in [4.78, 5) is 2.63. The summed E-state index contributed by atoms with van der Waals surface area (Å²) in [6.45, 7) is 10.3. The van der Waals surface area contributed by atoms with Crippen LogP contribution >= 0.6 is 0 Å². The molecule has 0 amide bonds. The number of hydrogen-bond acceptors (Lipinski definition) is 3. The maximum Gasteiger partial charge on any atom is 0.0644 e. The van der Waals surface area contributed by atoms with E-state index in [1.807, 2.05) is 18.8 Å². The summed E-state index contributed by atoms with van der Waals surface area (Å²) in [6.07, 6.45) is 4.00. The monoisotopic (exact) mass is 278 g/mol. The van der Waals surface area contributed by atoms with Gasteiger partial charge in [-0.05, 0) is 72.6 Å². The first-order valence-electron chi connectivity index (χ1n) is 7.93. The third kappa shape index (κ3) is 3.23. The molecule has 20 heavy (non-hydrogen) atoms. The van der Waals surface area contributed by atoms with Crippen LogP contribution in [0.15, 0.2) is 0 Å². The molecule has 1 N–H and O–H groups in total. The average Bonchev–Trinajstić information content (AvgIpc) is 2.70. The summed E-state index contributed by atoms with van der Waals surface area (Å²) >= 11 is 0. The van der Waals surface area contributed by atoms with Gasteiger partial charge in [0.25, 0.3) is 0 Å². The first kappa shape index (κ1) is 15.5. The molecule has 1 atom stereocenters. The Morgan fingerprint density at radius 3 is 2.45 bits per heavy atom. The Labute approximate surface area is 123 Å². The van der Waals surface area contributed by atoms with Gasteiger partial charge in [0.2, 0.25) is 0 Å². The normalized spacial score (nSPS) is 19.4. The Hall–Kier alpha value is -0.870. The van der Waals surface area contributed by atoms with Gasteiger partial charge in [0.15, 0.2) is 0 Å². The average molecular weight is 278 g/mol. The van der Waals surface area contributed by atoms with E-state index >= 15 is 0 Å². The van der Waals surface area contributed by atoms with E-state index in [0.717, 1.165) is 12.5 Å². The standard InChI is InChI=1S/C16H30N4/c1-12-16(13(2)19(5)18-12)14(3)20-10-7-15(8-11-20)6-9-17-4/h14-15,17H,6-11H2,1-5H3. The minimum absolute atomic E-state index is 0.494. The number of nitrogens with zero attached hydrogens (tertiary/aromatic N) is 3. The quantitative estimate of drug-likeness (QED) is 0.898. The molecular formula is C16H30N4. The first-order chi connectivity index (χ1) is 9.54. The number of piperidine rings is 1. The minimum Gasteiger partial charge on any atom is -0.320 e. The zero-order valence-corrected chi connectivity index (χ0v) is 13.7. The van der Waals surface area contributed by atoms with Crippen molar-refractivity contribution < 1.29 is 0 Å². The van der Waals surface area contributed by atoms with Gasteiger partial charge in [-0.25, -0.2) is 0 Å². The fourth-order valence-corrected chi connectivity index (χ4v) is 3.55. The summed E-state index contributed by atoms with van der Waals surface area (Å²) in [6, 6.07) is 0.494. The number of aromatic nitrogens is 2. The molecule has 2 rings (SSSR count). The predicted octanol–water partition coefficient (Wildman–Crippen LogP) is 2.42. The highest BCUT2D eigenvalue weighted by molar-refractivity contribution is 5.27. The second kappa shape index (κ2) is 6.72. The van der Waals surface area contributed by atoms with Crippen LogP contribution in [0.1, 0.15) is 49.2 Å². The van der Waals surface area contributed by atoms with Crippen LogP contribution in [0.5, 0.6) is 0 Å². The molecule has 0 bridgehead atoms. The zero-order chi connectivity index (χ0) is 14.7. The molecule has 1 saturated heterocycles. The number of hydrogen-bond donors (Lipinski definition) is 1. The van der Waals surface area contributed by atoms with Gasteiger partial charge in [-0.1, -0.05) is 0 Å². The van der Waals surface area contributed by atoms with Crippen LogP contribution in [0, 0.1) is 19.8 Å². The van der Waals surface area contributed by atoms with E-state index in [1.54, 1.807) is 0 Å². The van der Waals surface area contributed by atoms with Crippen LogP contribution in [0.25, 0.3) is 0 Å². The molecule has 1 aliphatic rings. The van der Waals surface area contributed by atoms with Crippen LogP contribution in [-0.4, -0.2) is 41.4 Å². The largest absolute Gasteiger partial charge is 0.320 e. The van der Waals surface area contributed by atoms with Gasteiger partial charge in [0.05, 0.1) is 5.69 Å². The van der Waals surface area contributed by atoms with Crippen LogP contribution < -0.4 is 5.32 Å². The molecular weight excluding hydrogens is 248 g/mol. The van der Waals surface area contributed by atoms with Crippen molar-refractivity contribution in [2.24, 2.45) is 13.0 Å². The molecule has 2 heterocycles. The van der Waals surface area contributed by atoms with Crippen molar-refractivity contribution in [1.82, 2.24) is 20.0 Å². The molecule has 114 valence electrons. The SMILES string of the molecule is CNCCC1CCN(C(C)c2c(C)nn(C)c2C)CC1. The van der Waals surface area contributed by atoms with E-state index in [1.165, 1.54) is 49.3 Å². The number of aryl methyl sites for hydroxylation is 2. The lowest BCUT2D eigenvalue weighted by molar-refractivity contribution is 0.137. The van der Waals surface area contributed by atoms with E-state index in [0.29, 0.717) is 6.04 Å². The predicted molar refractivity (Wildman–Crippen MR) is 83.9 cm³/mol. The topological polar surface area (TPSA) is 33.1 Å². The summed E-state index contributed by atoms with van der Waals surface area (Å²) in [5.74, 6) is 0.905. The Morgan fingerprint density at radius 2 is 1.95 bits per heavy atom. The Kier molecular flexibility index (Phi) is 5.22. The van der Waals surface area contributed by atoms with Crippen LogP contribution in [0.2, 0.25) is 0 Å². The van der Waals surface area contributed by atoms with Gasteiger partial charge in [0.1, 0.15) is 0 Å². The Bertz CT molecular complexity index is 430. The van der Waals surface area contributed by atoms with Crippen molar-refractivity contribution in [3.8, 4) is 0 Å². The Balaban J connectivity index is 1.96. The van der Waals surface area contributed by atoms with Crippen molar-refractivity contribution in [1.29, 1.82) is 0 Å². The maximum absolute atomic E-state index is 4.56. The van der Waals surface area contributed by atoms with Gasteiger partial charge in [-0.15, -0.1) is 0 Å². The van der Waals surface area contributed by atoms with Crippen molar-refractivity contribution in [3.63, 3.8) is 0 Å². The molecule has 1 aromatic rings. The summed E-state index contributed by atoms with van der Waals surface area (Å²) in [5, 5.41) is 7.83. The number of rotatable bonds is 5. The third-order valence-corrected chi connectivity index (χ3v) is 4.98. The molecule has 4 heteroatoms. The lowest BCUT2D eigenvalue weighted by Crippen LogP contribution is -2.36. The van der Waals surface area contributed by atoms with E-state index < -0.39 is 0 Å². The third-order valence-electron chi connectivity index (χ3n) is 4.98. The van der Waals surface area contributed by atoms with Crippen LogP contribution in [-0.2, 0) is 7.05 Å². The highest BCUT2D eigenvalue weighted by atomic mass is 15.3. The molecule has 0 radical (unpaired) electrons. The smallest absolute Gasteiger partial charge is 0.0644 e. The lowest BCUT2D eigenvalue weighted by atomic mass is 9.91. The molecule has 0 saturated carbocycles. The van der Waals surface area contributed by atoms with Gasteiger partial charge in [-0.3, -0.25) is 9.58 Å². The van der Waals surface area contributed by atoms with Crippen molar-refractivity contribution in [2.45, 2.75) is 46.1 Å². The van der Waals surface area contributed by atoms with Crippen molar-refractivity contribution in [2.75, 3.05) is 26.7 Å². The van der Waals surface area contributed by atoms with E-state index in [2.05, 4.69) is 36.1 Å². The van der Waals surface area contributed by atoms with Gasteiger partial charge < -0.3 is 5.32 Å². The van der Waals surface area contributed by atoms with Gasteiger partial charge >= 0.3 is 0 Å². The van der Waals surface area contributed by atoms with Gasteiger partial charge in [-0.2, -0.15) is 5.10 Å². The molecule has 0 aliphatic carbocycles. The molecule has 1 aromatic heterocycles. The molecule has 1 fully saturated rings. The van der Waals surface area contributed by atoms with Crippen molar-refractivity contribution >= 4 is 0 Å². The summed E-state index contributed by atoms with van der Waals surface area (Å²) in [5.41, 5.74) is 3.93. The van der Waals surface area contributed by atoms with Crippen LogP contribution in [0.4, 0.5) is 0 Å². The lowest BCUT2D eigenvalue weighted by Gasteiger charge is -2.36. The number of likely N-dealkylation sites (tertiary alicyclic amines) is 1. The molecule has 1 aliphatic heterocycles. The number of nitrogens with one attached hydrogen (secondary N) is 1. The van der Waals surface area contributed by atoms with E-state index in [4.69, 9.17) is 0 Å². The molecule has 1 unspecified atom stereocenters. The summed E-state index contributed by atoms with van der Waals surface area (Å²) in [7, 11) is 4.09. The fourth-order valence-electron chi connectivity index (χ4n) is 3.55. The van der Waals surface area contributed by atoms with E-state index in [-0.39, 0.29) is 0 Å². The second-order valence-electron chi connectivity index (χ2n) is 6.26.